The van der Waals surface area contributed by atoms with E-state index >= 15 is 0 Å². The zero-order chi connectivity index (χ0) is 16.5. The fourth-order valence-corrected chi connectivity index (χ4v) is 2.85. The lowest BCUT2D eigenvalue weighted by molar-refractivity contribution is 0.173. The molecule has 1 atom stereocenters. The molecule has 4 nitrogen and oxygen atoms in total. The number of aliphatic hydroxyl groups is 1. The second kappa shape index (κ2) is 9.43. The maximum atomic E-state index is 11.7. The minimum absolute atomic E-state index is 0.203. The number of amides is 2. The van der Waals surface area contributed by atoms with Crippen LogP contribution in [0.3, 0.4) is 0 Å². The summed E-state index contributed by atoms with van der Waals surface area (Å²) in [6, 6.07) is 13.6. The van der Waals surface area contributed by atoms with Crippen LogP contribution in [0.4, 0.5) is 4.79 Å². The van der Waals surface area contributed by atoms with E-state index in [0.29, 0.717) is 6.54 Å². The molecule has 1 unspecified atom stereocenters. The molecule has 2 rings (SSSR count). The van der Waals surface area contributed by atoms with Crippen LogP contribution in [0.2, 0.25) is 0 Å². The van der Waals surface area contributed by atoms with Gasteiger partial charge in [-0.3, -0.25) is 0 Å². The molecule has 23 heavy (non-hydrogen) atoms. The van der Waals surface area contributed by atoms with Crippen molar-refractivity contribution < 1.29 is 9.90 Å². The summed E-state index contributed by atoms with van der Waals surface area (Å²) in [5, 5.41) is 18.0. The molecule has 0 saturated carbocycles. The Labute approximate surface area is 141 Å². The van der Waals surface area contributed by atoms with E-state index in [1.165, 1.54) is 0 Å². The summed E-state index contributed by atoms with van der Waals surface area (Å²) in [7, 11) is 0. The van der Waals surface area contributed by atoms with Crippen LogP contribution in [0.5, 0.6) is 0 Å². The largest absolute Gasteiger partial charge is 0.387 e. The van der Waals surface area contributed by atoms with Gasteiger partial charge >= 0.3 is 6.03 Å². The summed E-state index contributed by atoms with van der Waals surface area (Å²) in [6.07, 6.45) is 3.44. The molecule has 0 spiro atoms. The number of hydrogen-bond donors (Lipinski definition) is 3. The van der Waals surface area contributed by atoms with E-state index in [9.17, 15) is 9.90 Å². The van der Waals surface area contributed by atoms with Crippen LogP contribution in [0.25, 0.3) is 10.8 Å². The minimum Gasteiger partial charge on any atom is -0.387 e. The fraction of sp³-hybridized carbons (Fsp3) is 0.389. The lowest BCUT2D eigenvalue weighted by atomic mass is 10.0. The van der Waals surface area contributed by atoms with E-state index in [-0.39, 0.29) is 12.6 Å². The highest BCUT2D eigenvalue weighted by atomic mass is 32.2. The number of urea groups is 1. The Morgan fingerprint density at radius 2 is 1.91 bits per heavy atom. The number of carbonyl (C=O) groups is 1. The van der Waals surface area contributed by atoms with Crippen molar-refractivity contribution >= 4 is 28.6 Å². The first kappa shape index (κ1) is 17.6. The van der Waals surface area contributed by atoms with Crippen LogP contribution in [-0.4, -0.2) is 36.2 Å². The number of nitrogens with one attached hydrogen (secondary N) is 2. The van der Waals surface area contributed by atoms with Crippen LogP contribution < -0.4 is 10.6 Å². The summed E-state index contributed by atoms with van der Waals surface area (Å²) in [6.45, 7) is 0.869. The van der Waals surface area contributed by atoms with Crippen LogP contribution in [0.15, 0.2) is 42.5 Å². The number of fused-ring (bicyclic) bond motifs is 1. The number of rotatable bonds is 8. The molecular formula is C18H24N2O2S. The molecule has 0 fully saturated rings. The van der Waals surface area contributed by atoms with E-state index in [0.717, 1.165) is 34.9 Å². The van der Waals surface area contributed by atoms with Gasteiger partial charge in [-0.2, -0.15) is 11.8 Å². The lowest BCUT2D eigenvalue weighted by Gasteiger charge is -2.13. The predicted molar refractivity (Wildman–Crippen MR) is 97.9 cm³/mol. The summed E-state index contributed by atoms with van der Waals surface area (Å²) < 4.78 is 0. The molecule has 0 aliphatic heterocycles. The first-order chi connectivity index (χ1) is 11.2. The Hall–Kier alpha value is -1.72. The molecule has 2 amide bonds. The third kappa shape index (κ3) is 5.77. The van der Waals surface area contributed by atoms with Crippen molar-refractivity contribution in [3.8, 4) is 0 Å². The lowest BCUT2D eigenvalue weighted by Crippen LogP contribution is -2.38. The monoisotopic (exact) mass is 332 g/mol. The fourth-order valence-electron chi connectivity index (χ4n) is 2.36. The molecule has 0 aliphatic rings. The van der Waals surface area contributed by atoms with E-state index in [1.807, 2.05) is 54.2 Å². The van der Waals surface area contributed by atoms with Gasteiger partial charge in [0.2, 0.25) is 0 Å². The zero-order valence-corrected chi connectivity index (χ0v) is 14.2. The van der Waals surface area contributed by atoms with Gasteiger partial charge in [0.25, 0.3) is 0 Å². The minimum atomic E-state index is -0.707. The normalized spacial score (nSPS) is 12.1. The average Bonchev–Trinajstić information content (AvgIpc) is 2.59. The van der Waals surface area contributed by atoms with E-state index in [2.05, 4.69) is 16.9 Å². The molecule has 2 aromatic carbocycles. The quantitative estimate of drug-likeness (QED) is 0.650. The van der Waals surface area contributed by atoms with Gasteiger partial charge in [0.15, 0.2) is 0 Å². The average molecular weight is 332 g/mol. The van der Waals surface area contributed by atoms with Crippen LogP contribution in [0.1, 0.15) is 24.5 Å². The number of hydrogen-bond acceptors (Lipinski definition) is 3. The first-order valence-electron chi connectivity index (χ1n) is 7.88. The highest BCUT2D eigenvalue weighted by Gasteiger charge is 2.09. The van der Waals surface area contributed by atoms with Gasteiger partial charge in [0.1, 0.15) is 0 Å². The van der Waals surface area contributed by atoms with Gasteiger partial charge in [-0.25, -0.2) is 4.79 Å². The second-order valence-corrected chi connectivity index (χ2v) is 6.44. The van der Waals surface area contributed by atoms with Crippen molar-refractivity contribution in [3.63, 3.8) is 0 Å². The highest BCUT2D eigenvalue weighted by molar-refractivity contribution is 7.98. The standard InChI is InChI=1S/C18H24N2O2S/c1-23-11-5-4-10-19-18(22)20-13-17(21)16-9-8-14-6-2-3-7-15(14)12-16/h2-3,6-9,12,17,21H,4-5,10-11,13H2,1H3,(H2,19,20,22). The number of aliphatic hydroxyl groups excluding tert-OH is 1. The van der Waals surface area contributed by atoms with E-state index in [4.69, 9.17) is 0 Å². The highest BCUT2D eigenvalue weighted by Crippen LogP contribution is 2.19. The summed E-state index contributed by atoms with van der Waals surface area (Å²) in [4.78, 5) is 11.7. The van der Waals surface area contributed by atoms with Crippen molar-refractivity contribution in [1.29, 1.82) is 0 Å². The van der Waals surface area contributed by atoms with Crippen molar-refractivity contribution in [3.05, 3.63) is 48.0 Å². The topological polar surface area (TPSA) is 61.4 Å². The third-order valence-corrected chi connectivity index (χ3v) is 4.37. The molecule has 5 heteroatoms. The maximum absolute atomic E-state index is 11.7. The molecule has 0 saturated heterocycles. The summed E-state index contributed by atoms with van der Waals surface area (Å²) in [5.41, 5.74) is 0.809. The predicted octanol–water partition coefficient (Wildman–Crippen LogP) is 3.32. The van der Waals surface area contributed by atoms with Crippen LogP contribution in [-0.2, 0) is 0 Å². The van der Waals surface area contributed by atoms with Gasteiger partial charge in [-0.1, -0.05) is 36.4 Å². The van der Waals surface area contributed by atoms with Crippen molar-refractivity contribution in [2.45, 2.75) is 18.9 Å². The number of carbonyl (C=O) groups excluding carboxylic acids is 1. The van der Waals surface area contributed by atoms with Crippen molar-refractivity contribution in [2.75, 3.05) is 25.1 Å². The SMILES string of the molecule is CSCCCCNC(=O)NCC(O)c1ccc2ccccc2c1. The number of unbranched alkanes of at least 4 members (excludes halogenated alkanes) is 1. The molecule has 0 bridgehead atoms. The smallest absolute Gasteiger partial charge is 0.314 e. The molecule has 0 radical (unpaired) electrons. The molecule has 0 aromatic heterocycles. The zero-order valence-electron chi connectivity index (χ0n) is 13.4. The first-order valence-corrected chi connectivity index (χ1v) is 9.27. The van der Waals surface area contributed by atoms with Gasteiger partial charge in [0, 0.05) is 13.1 Å². The third-order valence-electron chi connectivity index (χ3n) is 3.68. The van der Waals surface area contributed by atoms with Gasteiger partial charge in [-0.15, -0.1) is 0 Å². The summed E-state index contributed by atoms with van der Waals surface area (Å²) in [5.74, 6) is 1.12. The van der Waals surface area contributed by atoms with E-state index < -0.39 is 6.10 Å². The van der Waals surface area contributed by atoms with Crippen molar-refractivity contribution in [2.24, 2.45) is 0 Å². The number of benzene rings is 2. The Morgan fingerprint density at radius 3 is 2.70 bits per heavy atom. The van der Waals surface area contributed by atoms with Gasteiger partial charge in [0.05, 0.1) is 6.10 Å². The van der Waals surface area contributed by atoms with Crippen LogP contribution >= 0.6 is 11.8 Å². The van der Waals surface area contributed by atoms with E-state index in [1.54, 1.807) is 0 Å². The second-order valence-electron chi connectivity index (χ2n) is 5.46. The molecular weight excluding hydrogens is 308 g/mol. The Morgan fingerprint density at radius 1 is 1.13 bits per heavy atom. The molecule has 0 aliphatic carbocycles. The molecule has 124 valence electrons. The summed E-state index contributed by atoms with van der Waals surface area (Å²) >= 11 is 1.81. The van der Waals surface area contributed by atoms with Crippen LogP contribution in [0, 0.1) is 0 Å². The number of thioether (sulfide) groups is 1. The Kier molecular flexibility index (Phi) is 7.23. The molecule has 0 heterocycles. The van der Waals surface area contributed by atoms with Gasteiger partial charge in [-0.05, 0) is 47.3 Å². The maximum Gasteiger partial charge on any atom is 0.314 e. The molecule has 3 N–H and O–H groups in total. The molecule has 2 aromatic rings. The Bertz CT molecular complexity index is 633. The van der Waals surface area contributed by atoms with Crippen molar-refractivity contribution in [1.82, 2.24) is 10.6 Å². The van der Waals surface area contributed by atoms with Gasteiger partial charge < -0.3 is 15.7 Å². The Balaban J connectivity index is 1.77.